The molecule has 2 nitrogen and oxygen atoms in total. The summed E-state index contributed by atoms with van der Waals surface area (Å²) in [5.74, 6) is 3.60. The second-order valence-electron chi connectivity index (χ2n) is 20.0. The average molecular weight is 728 g/mol. The van der Waals surface area contributed by atoms with E-state index in [2.05, 4.69) is 160 Å². The lowest BCUT2D eigenvalue weighted by Crippen LogP contribution is -2.73. The van der Waals surface area contributed by atoms with E-state index in [1.54, 1.807) is 11.1 Å². The first kappa shape index (κ1) is 32.1. The second-order valence-corrected chi connectivity index (χ2v) is 20.0. The molecule has 6 unspecified atom stereocenters. The molecule has 0 aliphatic heterocycles. The third kappa shape index (κ3) is 3.76. The molecule has 6 atom stereocenters. The van der Waals surface area contributed by atoms with E-state index in [0.29, 0.717) is 5.41 Å². The summed E-state index contributed by atoms with van der Waals surface area (Å²) in [6.07, 6.45) is 8.24. The van der Waals surface area contributed by atoms with Gasteiger partial charge in [0.25, 0.3) is 0 Å². The van der Waals surface area contributed by atoms with Gasteiger partial charge in [0.15, 0.2) is 0 Å². The van der Waals surface area contributed by atoms with Gasteiger partial charge in [0.05, 0.1) is 5.69 Å². The molecular formula is C54H49NO. The van der Waals surface area contributed by atoms with Gasteiger partial charge in [-0.3, -0.25) is 0 Å². The lowest BCUT2D eigenvalue weighted by atomic mass is 9.27. The molecule has 6 aliphatic carbocycles. The summed E-state index contributed by atoms with van der Waals surface area (Å²) in [4.78, 5) is 2.50. The Bertz CT molecular complexity index is 2820. The normalized spacial score (nSPS) is 29.1. The van der Waals surface area contributed by atoms with Crippen LogP contribution in [0, 0.1) is 29.1 Å². The van der Waals surface area contributed by atoms with Gasteiger partial charge in [-0.05, 0) is 165 Å². The molecule has 6 aromatic carbocycles. The fraction of sp³-hybridized carbons (Fsp3) is 0.333. The SMILES string of the molecule is CC1(C)CCC(C)(C)c2c(N(c3ccc(-c4ccc5c(c4)C4(c6ccccc6-5)C5CC6CC7CC4C75C6)cc3)c3ccc4c(c3)oc3ccccc34)cccc21. The summed E-state index contributed by atoms with van der Waals surface area (Å²) < 4.78 is 6.49. The largest absolute Gasteiger partial charge is 0.456 e. The first-order valence-electron chi connectivity index (χ1n) is 21.4. The van der Waals surface area contributed by atoms with Crippen molar-refractivity contribution < 1.29 is 4.42 Å². The lowest BCUT2D eigenvalue weighted by molar-refractivity contribution is -0.231. The molecule has 2 spiro atoms. The molecular weight excluding hydrogens is 679 g/mol. The highest BCUT2D eigenvalue weighted by molar-refractivity contribution is 6.06. The first-order valence-corrected chi connectivity index (χ1v) is 21.4. The standard InChI is InChI=1S/C54H49NO/c1-51(2)24-25-52(3,4)50-43(51)13-9-14-45(50)55(37-21-23-41-40-11-6-8-15-46(40)56-47(41)30-37)36-19-16-33(17-20-36)34-18-22-39-38-10-5-7-12-42(38)54(44(39)28-34)48-27-32-26-35-29-49(54)53(35,48)31-32/h5-23,28,30,32,35,48-49H,24-27,29,31H2,1-4H3. The van der Waals surface area contributed by atoms with E-state index in [1.807, 2.05) is 0 Å². The molecule has 2 bridgehead atoms. The summed E-state index contributed by atoms with van der Waals surface area (Å²) in [7, 11) is 0. The van der Waals surface area contributed by atoms with E-state index in [1.165, 1.54) is 82.2 Å². The van der Waals surface area contributed by atoms with Gasteiger partial charge in [-0.2, -0.15) is 0 Å². The van der Waals surface area contributed by atoms with E-state index in [-0.39, 0.29) is 16.2 Å². The Hall–Kier alpha value is -5.08. The predicted molar refractivity (Wildman–Crippen MR) is 230 cm³/mol. The highest BCUT2D eigenvalue weighted by atomic mass is 16.3. The lowest BCUT2D eigenvalue weighted by Gasteiger charge is -2.76. The van der Waals surface area contributed by atoms with Gasteiger partial charge >= 0.3 is 0 Å². The van der Waals surface area contributed by atoms with E-state index >= 15 is 0 Å². The number of fused-ring (bicyclic) bond motifs is 12. The van der Waals surface area contributed by atoms with Crippen LogP contribution in [-0.4, -0.2) is 0 Å². The highest BCUT2D eigenvalue weighted by Crippen LogP contribution is 2.89. The van der Waals surface area contributed by atoms with Crippen molar-refractivity contribution >= 4 is 39.0 Å². The van der Waals surface area contributed by atoms with Gasteiger partial charge in [-0.25, -0.2) is 0 Å². The topological polar surface area (TPSA) is 16.4 Å². The van der Waals surface area contributed by atoms with Crippen molar-refractivity contribution in [2.24, 2.45) is 29.1 Å². The first-order chi connectivity index (χ1) is 27.2. The average Bonchev–Trinajstić information content (AvgIpc) is 3.94. The molecule has 56 heavy (non-hydrogen) atoms. The van der Waals surface area contributed by atoms with Crippen LogP contribution in [-0.2, 0) is 16.2 Å². The van der Waals surface area contributed by atoms with E-state index in [0.717, 1.165) is 52.3 Å². The Kier molecular flexibility index (Phi) is 5.98. The van der Waals surface area contributed by atoms with Crippen molar-refractivity contribution in [2.45, 2.75) is 82.5 Å². The van der Waals surface area contributed by atoms with E-state index in [4.69, 9.17) is 4.42 Å². The zero-order valence-corrected chi connectivity index (χ0v) is 33.0. The van der Waals surface area contributed by atoms with Crippen LogP contribution < -0.4 is 4.90 Å². The van der Waals surface area contributed by atoms with Gasteiger partial charge in [0.1, 0.15) is 11.2 Å². The molecule has 13 rings (SSSR count). The quantitative estimate of drug-likeness (QED) is 0.179. The Balaban J connectivity index is 0.949. The summed E-state index contributed by atoms with van der Waals surface area (Å²) in [6, 6.07) is 48.7. The summed E-state index contributed by atoms with van der Waals surface area (Å²) >= 11 is 0. The van der Waals surface area contributed by atoms with Crippen molar-refractivity contribution in [3.05, 3.63) is 150 Å². The molecule has 4 fully saturated rings. The number of para-hydroxylation sites is 1. The van der Waals surface area contributed by atoms with Gasteiger partial charge in [-0.15, -0.1) is 0 Å². The van der Waals surface area contributed by atoms with Crippen molar-refractivity contribution in [3.63, 3.8) is 0 Å². The monoisotopic (exact) mass is 727 g/mol. The van der Waals surface area contributed by atoms with Crippen LogP contribution in [0.5, 0.6) is 0 Å². The highest BCUT2D eigenvalue weighted by Gasteiger charge is 2.84. The minimum Gasteiger partial charge on any atom is -0.456 e. The van der Waals surface area contributed by atoms with Crippen LogP contribution in [0.25, 0.3) is 44.2 Å². The minimum absolute atomic E-state index is 0.0421. The zero-order chi connectivity index (χ0) is 37.3. The van der Waals surface area contributed by atoms with Gasteiger partial charge < -0.3 is 9.32 Å². The van der Waals surface area contributed by atoms with Crippen LogP contribution in [0.4, 0.5) is 17.1 Å². The van der Waals surface area contributed by atoms with Crippen LogP contribution >= 0.6 is 0 Å². The predicted octanol–water partition coefficient (Wildman–Crippen LogP) is 14.4. The van der Waals surface area contributed by atoms with Crippen molar-refractivity contribution in [1.29, 1.82) is 0 Å². The smallest absolute Gasteiger partial charge is 0.137 e. The molecule has 1 heterocycles. The van der Waals surface area contributed by atoms with Crippen molar-refractivity contribution in [1.82, 2.24) is 0 Å². The summed E-state index contributed by atoms with van der Waals surface area (Å²) in [5, 5.41) is 2.33. The number of furan rings is 1. The molecule has 1 aromatic heterocycles. The van der Waals surface area contributed by atoms with Crippen LogP contribution in [0.2, 0.25) is 0 Å². The number of nitrogens with zero attached hydrogens (tertiary/aromatic N) is 1. The zero-order valence-electron chi connectivity index (χ0n) is 33.0. The maximum absolute atomic E-state index is 6.49. The Morgan fingerprint density at radius 3 is 2.14 bits per heavy atom. The van der Waals surface area contributed by atoms with Crippen LogP contribution in [0.3, 0.4) is 0 Å². The number of benzene rings is 6. The molecule has 0 amide bonds. The number of hydrogen-bond donors (Lipinski definition) is 0. The minimum atomic E-state index is 0.0421. The third-order valence-corrected chi connectivity index (χ3v) is 16.8. The number of hydrogen-bond acceptors (Lipinski definition) is 2. The molecule has 0 radical (unpaired) electrons. The van der Waals surface area contributed by atoms with Crippen LogP contribution in [0.1, 0.15) is 88.5 Å². The fourth-order valence-electron chi connectivity index (χ4n) is 14.5. The molecule has 4 saturated carbocycles. The molecule has 0 saturated heterocycles. The van der Waals surface area contributed by atoms with Crippen LogP contribution in [0.15, 0.2) is 132 Å². The number of rotatable bonds is 4. The van der Waals surface area contributed by atoms with Crippen molar-refractivity contribution in [2.75, 3.05) is 4.90 Å². The van der Waals surface area contributed by atoms with E-state index < -0.39 is 0 Å². The molecule has 276 valence electrons. The molecule has 2 heteroatoms. The third-order valence-electron chi connectivity index (χ3n) is 16.8. The summed E-state index contributed by atoms with van der Waals surface area (Å²) in [5.41, 5.74) is 18.3. The molecule has 6 aliphatic rings. The summed E-state index contributed by atoms with van der Waals surface area (Å²) in [6.45, 7) is 9.73. The van der Waals surface area contributed by atoms with Gasteiger partial charge in [-0.1, -0.05) is 107 Å². The maximum atomic E-state index is 6.49. The molecule has 0 N–H and O–H groups in total. The fourth-order valence-corrected chi connectivity index (χ4v) is 14.5. The van der Waals surface area contributed by atoms with E-state index in [9.17, 15) is 0 Å². The Labute approximate surface area is 330 Å². The maximum Gasteiger partial charge on any atom is 0.137 e. The molecule has 7 aromatic rings. The van der Waals surface area contributed by atoms with Gasteiger partial charge in [0, 0.05) is 33.6 Å². The Morgan fingerprint density at radius 2 is 1.27 bits per heavy atom. The number of anilines is 3. The van der Waals surface area contributed by atoms with Gasteiger partial charge in [0.2, 0.25) is 0 Å². The second kappa shape index (κ2) is 10.5. The Morgan fingerprint density at radius 1 is 0.554 bits per heavy atom. The van der Waals surface area contributed by atoms with Crippen molar-refractivity contribution in [3.8, 4) is 22.3 Å².